The predicted octanol–water partition coefficient (Wildman–Crippen LogP) is 1.70. The average molecular weight is 210 g/mol. The number of benzene rings is 1. The molecular formula is C10H14N2O3. The lowest BCUT2D eigenvalue weighted by atomic mass is 10.2. The standard InChI is InChI=1S/C10H14N2O3/c1-7-3-4-10(12(14)15)9(5-7)11-6-8(2)13/h3-5,8,11,13H,6H2,1-2H3. The number of nitro benzene ring substituents is 1. The lowest BCUT2D eigenvalue weighted by Gasteiger charge is -2.09. The van der Waals surface area contributed by atoms with Crippen LogP contribution in [0.1, 0.15) is 12.5 Å². The molecule has 82 valence electrons. The van der Waals surface area contributed by atoms with E-state index in [2.05, 4.69) is 5.32 Å². The van der Waals surface area contributed by atoms with Gasteiger partial charge in [0.25, 0.3) is 5.69 Å². The van der Waals surface area contributed by atoms with Gasteiger partial charge in [0.2, 0.25) is 0 Å². The Bertz CT molecular complexity index is 364. The molecule has 0 aromatic heterocycles. The van der Waals surface area contributed by atoms with Crippen LogP contribution in [0, 0.1) is 17.0 Å². The van der Waals surface area contributed by atoms with Gasteiger partial charge < -0.3 is 10.4 Å². The van der Waals surface area contributed by atoms with Gasteiger partial charge in [0.1, 0.15) is 5.69 Å². The van der Waals surface area contributed by atoms with E-state index in [-0.39, 0.29) is 5.69 Å². The van der Waals surface area contributed by atoms with Crippen LogP contribution in [0.25, 0.3) is 0 Å². The third-order valence-corrected chi connectivity index (χ3v) is 1.94. The first-order chi connectivity index (χ1) is 7.00. The van der Waals surface area contributed by atoms with Crippen LogP contribution in [0.5, 0.6) is 0 Å². The van der Waals surface area contributed by atoms with E-state index in [1.54, 1.807) is 19.1 Å². The van der Waals surface area contributed by atoms with Gasteiger partial charge in [-0.3, -0.25) is 10.1 Å². The molecule has 0 radical (unpaired) electrons. The molecule has 0 saturated carbocycles. The van der Waals surface area contributed by atoms with Crippen molar-refractivity contribution < 1.29 is 10.0 Å². The summed E-state index contributed by atoms with van der Waals surface area (Å²) < 4.78 is 0. The van der Waals surface area contributed by atoms with E-state index in [1.807, 2.05) is 6.92 Å². The molecule has 2 N–H and O–H groups in total. The number of rotatable bonds is 4. The minimum atomic E-state index is -0.537. The topological polar surface area (TPSA) is 75.4 Å². The molecule has 0 saturated heterocycles. The van der Waals surface area contributed by atoms with E-state index in [0.717, 1.165) is 5.56 Å². The molecule has 0 aliphatic heterocycles. The summed E-state index contributed by atoms with van der Waals surface area (Å²) in [4.78, 5) is 10.2. The van der Waals surface area contributed by atoms with Gasteiger partial charge in [0.05, 0.1) is 11.0 Å². The van der Waals surface area contributed by atoms with Gasteiger partial charge in [0, 0.05) is 12.6 Å². The van der Waals surface area contributed by atoms with Crippen molar-refractivity contribution in [2.45, 2.75) is 20.0 Å². The summed E-state index contributed by atoms with van der Waals surface area (Å²) >= 11 is 0. The van der Waals surface area contributed by atoms with Crippen molar-refractivity contribution in [3.8, 4) is 0 Å². The van der Waals surface area contributed by atoms with Gasteiger partial charge >= 0.3 is 0 Å². The highest BCUT2D eigenvalue weighted by atomic mass is 16.6. The van der Waals surface area contributed by atoms with Gasteiger partial charge in [-0.15, -0.1) is 0 Å². The zero-order valence-corrected chi connectivity index (χ0v) is 8.73. The maximum absolute atomic E-state index is 10.7. The number of hydrogen-bond acceptors (Lipinski definition) is 4. The molecule has 1 rings (SSSR count). The van der Waals surface area contributed by atoms with Crippen molar-refractivity contribution in [3.05, 3.63) is 33.9 Å². The third kappa shape index (κ3) is 3.21. The summed E-state index contributed by atoms with van der Waals surface area (Å²) in [6.45, 7) is 3.77. The molecule has 5 heteroatoms. The molecule has 0 aliphatic carbocycles. The van der Waals surface area contributed by atoms with Gasteiger partial charge in [-0.25, -0.2) is 0 Å². The maximum Gasteiger partial charge on any atom is 0.292 e. The molecular weight excluding hydrogens is 196 g/mol. The predicted molar refractivity (Wildman–Crippen MR) is 58.0 cm³/mol. The normalized spacial score (nSPS) is 12.2. The number of aliphatic hydroxyl groups excluding tert-OH is 1. The van der Waals surface area contributed by atoms with E-state index in [9.17, 15) is 10.1 Å². The largest absolute Gasteiger partial charge is 0.392 e. The van der Waals surface area contributed by atoms with Crippen LogP contribution in [0.2, 0.25) is 0 Å². The fourth-order valence-corrected chi connectivity index (χ4v) is 1.21. The first-order valence-corrected chi connectivity index (χ1v) is 4.67. The van der Waals surface area contributed by atoms with Crippen LogP contribution in [0.3, 0.4) is 0 Å². The molecule has 0 bridgehead atoms. The van der Waals surface area contributed by atoms with E-state index in [4.69, 9.17) is 5.11 Å². The van der Waals surface area contributed by atoms with Crippen molar-refractivity contribution in [1.29, 1.82) is 0 Å². The van der Waals surface area contributed by atoms with Crippen LogP contribution in [-0.2, 0) is 0 Å². The zero-order valence-electron chi connectivity index (χ0n) is 8.73. The fraction of sp³-hybridized carbons (Fsp3) is 0.400. The van der Waals surface area contributed by atoms with Crippen LogP contribution in [0.15, 0.2) is 18.2 Å². The Balaban J connectivity index is 2.92. The Kier molecular flexibility index (Phi) is 3.62. The van der Waals surface area contributed by atoms with Crippen molar-refractivity contribution in [3.63, 3.8) is 0 Å². The molecule has 0 aliphatic rings. The van der Waals surface area contributed by atoms with E-state index < -0.39 is 11.0 Å². The number of nitrogens with one attached hydrogen (secondary N) is 1. The second-order valence-corrected chi connectivity index (χ2v) is 3.51. The Hall–Kier alpha value is -1.62. The van der Waals surface area contributed by atoms with E-state index >= 15 is 0 Å². The monoisotopic (exact) mass is 210 g/mol. The molecule has 0 spiro atoms. The SMILES string of the molecule is Cc1ccc([N+](=O)[O-])c(NCC(C)O)c1. The molecule has 1 aromatic rings. The van der Waals surface area contributed by atoms with Crippen LogP contribution in [0.4, 0.5) is 11.4 Å². The highest BCUT2D eigenvalue weighted by molar-refractivity contribution is 5.62. The molecule has 5 nitrogen and oxygen atoms in total. The average Bonchev–Trinajstić information content (AvgIpc) is 2.14. The molecule has 1 unspecified atom stereocenters. The van der Waals surface area contributed by atoms with Crippen LogP contribution >= 0.6 is 0 Å². The Morgan fingerprint density at radius 3 is 2.80 bits per heavy atom. The number of aryl methyl sites for hydroxylation is 1. The summed E-state index contributed by atoms with van der Waals surface area (Å²) in [5.74, 6) is 0. The summed E-state index contributed by atoms with van der Waals surface area (Å²) in [6.07, 6.45) is -0.537. The molecule has 15 heavy (non-hydrogen) atoms. The van der Waals surface area contributed by atoms with Crippen molar-refractivity contribution in [1.82, 2.24) is 0 Å². The van der Waals surface area contributed by atoms with Gasteiger partial charge in [0.15, 0.2) is 0 Å². The first kappa shape index (κ1) is 11.5. The summed E-state index contributed by atoms with van der Waals surface area (Å²) in [5, 5.41) is 22.6. The van der Waals surface area contributed by atoms with Crippen LogP contribution < -0.4 is 5.32 Å². The number of anilines is 1. The quantitative estimate of drug-likeness (QED) is 0.585. The number of aliphatic hydroxyl groups is 1. The zero-order chi connectivity index (χ0) is 11.4. The molecule has 1 aromatic carbocycles. The Labute approximate surface area is 87.9 Å². The highest BCUT2D eigenvalue weighted by Gasteiger charge is 2.13. The summed E-state index contributed by atoms with van der Waals surface area (Å²) in [5.41, 5.74) is 1.41. The summed E-state index contributed by atoms with van der Waals surface area (Å²) in [6, 6.07) is 4.84. The fourth-order valence-electron chi connectivity index (χ4n) is 1.21. The molecule has 0 amide bonds. The van der Waals surface area contributed by atoms with Crippen molar-refractivity contribution >= 4 is 11.4 Å². The minimum Gasteiger partial charge on any atom is -0.392 e. The second-order valence-electron chi connectivity index (χ2n) is 3.51. The van der Waals surface area contributed by atoms with Gasteiger partial charge in [-0.05, 0) is 25.5 Å². The smallest absolute Gasteiger partial charge is 0.292 e. The first-order valence-electron chi connectivity index (χ1n) is 4.67. The number of nitrogens with zero attached hydrogens (tertiary/aromatic N) is 1. The second kappa shape index (κ2) is 4.75. The Morgan fingerprint density at radius 2 is 2.27 bits per heavy atom. The highest BCUT2D eigenvalue weighted by Crippen LogP contribution is 2.24. The van der Waals surface area contributed by atoms with E-state index in [0.29, 0.717) is 12.2 Å². The van der Waals surface area contributed by atoms with Crippen molar-refractivity contribution in [2.24, 2.45) is 0 Å². The maximum atomic E-state index is 10.7. The van der Waals surface area contributed by atoms with E-state index in [1.165, 1.54) is 6.07 Å². The number of nitro groups is 1. The molecule has 0 heterocycles. The number of hydrogen-bond donors (Lipinski definition) is 2. The lowest BCUT2D eigenvalue weighted by Crippen LogP contribution is -2.16. The van der Waals surface area contributed by atoms with Gasteiger partial charge in [-0.1, -0.05) is 6.07 Å². The summed E-state index contributed by atoms with van der Waals surface area (Å²) in [7, 11) is 0. The molecule has 0 fully saturated rings. The van der Waals surface area contributed by atoms with Gasteiger partial charge in [-0.2, -0.15) is 0 Å². The van der Waals surface area contributed by atoms with Crippen LogP contribution in [-0.4, -0.2) is 22.7 Å². The van der Waals surface area contributed by atoms with Crippen molar-refractivity contribution in [2.75, 3.05) is 11.9 Å². The minimum absolute atomic E-state index is 0.0289. The third-order valence-electron chi connectivity index (χ3n) is 1.94. The lowest BCUT2D eigenvalue weighted by molar-refractivity contribution is -0.384. The molecule has 1 atom stereocenters. The Morgan fingerprint density at radius 1 is 1.60 bits per heavy atom.